The lowest BCUT2D eigenvalue weighted by molar-refractivity contribution is 0.0253. The first-order valence-corrected chi connectivity index (χ1v) is 12.6. The van der Waals surface area contributed by atoms with Crippen molar-refractivity contribution in [1.29, 1.82) is 0 Å². The smallest absolute Gasteiger partial charge is 0.338 e. The molecule has 186 valence electrons. The summed E-state index contributed by atoms with van der Waals surface area (Å²) >= 11 is 0. The molecule has 0 radical (unpaired) electrons. The van der Waals surface area contributed by atoms with Crippen molar-refractivity contribution < 1.29 is 19.4 Å². The van der Waals surface area contributed by atoms with Gasteiger partial charge in [-0.05, 0) is 67.3 Å². The number of hydrogen-bond donors (Lipinski definition) is 1. The van der Waals surface area contributed by atoms with Crippen molar-refractivity contribution in [2.75, 3.05) is 0 Å². The van der Waals surface area contributed by atoms with Crippen LogP contribution in [0.1, 0.15) is 90.6 Å². The molecule has 3 aromatic rings. The predicted molar refractivity (Wildman–Crippen MR) is 142 cm³/mol. The summed E-state index contributed by atoms with van der Waals surface area (Å²) in [7, 11) is 0. The zero-order chi connectivity index (χ0) is 25.5. The van der Waals surface area contributed by atoms with Crippen molar-refractivity contribution in [1.82, 2.24) is 0 Å². The topological polar surface area (TPSA) is 63.6 Å². The van der Waals surface area contributed by atoms with Crippen LogP contribution in [0.25, 0.3) is 0 Å². The quantitative estimate of drug-likeness (QED) is 0.287. The van der Waals surface area contributed by atoms with Gasteiger partial charge in [0.25, 0.3) is 0 Å². The second kappa shape index (κ2) is 15.5. The fourth-order valence-electron chi connectivity index (χ4n) is 4.00. The number of unbranched alkanes of at least 4 members (excludes halogenated alkanes) is 1. The van der Waals surface area contributed by atoms with Crippen LogP contribution in [-0.4, -0.2) is 23.1 Å². The number of carbonyl (C=O) groups excluding carboxylic acids is 1. The molecule has 0 amide bonds. The summed E-state index contributed by atoms with van der Waals surface area (Å²) in [4.78, 5) is 23.8. The molecular weight excluding hydrogens is 436 g/mol. The highest BCUT2D eigenvalue weighted by molar-refractivity contribution is 5.90. The molecule has 4 heteroatoms. The Hall–Kier alpha value is -3.40. The molecule has 0 saturated carbocycles. The highest BCUT2D eigenvalue weighted by Gasteiger charge is 2.23. The van der Waals surface area contributed by atoms with Crippen LogP contribution >= 0.6 is 0 Å². The number of rotatable bonds is 11. The van der Waals surface area contributed by atoms with Gasteiger partial charge in [-0.2, -0.15) is 0 Å². The second-order valence-electron chi connectivity index (χ2n) is 8.62. The lowest BCUT2D eigenvalue weighted by atomic mass is 9.87. The van der Waals surface area contributed by atoms with E-state index in [9.17, 15) is 14.7 Å². The zero-order valence-corrected chi connectivity index (χ0v) is 21.2. The second-order valence-corrected chi connectivity index (χ2v) is 8.62. The van der Waals surface area contributed by atoms with E-state index in [1.54, 1.807) is 36.4 Å². The van der Waals surface area contributed by atoms with E-state index in [2.05, 4.69) is 37.3 Å². The standard InChI is InChI=1S/C21H24O4.C10H14/c1-3-15(18-12-8-9-13-19(18)20(22)23)14-17(4-2)25-21(24)16-10-6-5-7-11-16;1-2-3-7-10-8-5-4-6-9-10/h5-13,15,17H,3-4,14H2,1-2H3,(H,22,23);4-6,8-9H,2-3,7H2,1H3. The third-order valence-corrected chi connectivity index (χ3v) is 6.07. The van der Waals surface area contributed by atoms with E-state index in [4.69, 9.17) is 4.74 Å². The Balaban J connectivity index is 0.000000360. The molecule has 0 spiro atoms. The van der Waals surface area contributed by atoms with Gasteiger partial charge in [0.05, 0.1) is 11.1 Å². The van der Waals surface area contributed by atoms with E-state index in [-0.39, 0.29) is 18.0 Å². The van der Waals surface area contributed by atoms with Crippen LogP contribution in [0.3, 0.4) is 0 Å². The minimum absolute atomic E-state index is 0.0285. The molecule has 35 heavy (non-hydrogen) atoms. The summed E-state index contributed by atoms with van der Waals surface area (Å²) in [6, 6.07) is 26.6. The van der Waals surface area contributed by atoms with E-state index in [1.165, 1.54) is 24.8 Å². The lowest BCUT2D eigenvalue weighted by Crippen LogP contribution is -2.21. The molecule has 2 atom stereocenters. The van der Waals surface area contributed by atoms with Gasteiger partial charge in [-0.1, -0.05) is 93.9 Å². The van der Waals surface area contributed by atoms with E-state index in [0.717, 1.165) is 12.0 Å². The Morgan fingerprint density at radius 1 is 0.800 bits per heavy atom. The van der Waals surface area contributed by atoms with Crippen molar-refractivity contribution in [2.45, 2.75) is 71.3 Å². The predicted octanol–water partition coefficient (Wildman–Crippen LogP) is 7.93. The van der Waals surface area contributed by atoms with Gasteiger partial charge in [-0.25, -0.2) is 9.59 Å². The minimum Gasteiger partial charge on any atom is -0.478 e. The maximum atomic E-state index is 12.3. The molecule has 0 aliphatic rings. The van der Waals surface area contributed by atoms with E-state index < -0.39 is 5.97 Å². The first kappa shape index (κ1) is 27.8. The molecule has 0 aromatic heterocycles. The summed E-state index contributed by atoms with van der Waals surface area (Å²) < 4.78 is 5.65. The minimum atomic E-state index is -0.927. The summed E-state index contributed by atoms with van der Waals surface area (Å²) in [6.07, 6.45) is 5.65. The normalized spacial score (nSPS) is 12.1. The Kier molecular flexibility index (Phi) is 12.3. The van der Waals surface area contributed by atoms with Crippen LogP contribution in [0.5, 0.6) is 0 Å². The number of aryl methyl sites for hydroxylation is 1. The van der Waals surface area contributed by atoms with Gasteiger partial charge in [0.1, 0.15) is 6.10 Å². The van der Waals surface area contributed by atoms with Gasteiger partial charge in [-0.15, -0.1) is 0 Å². The molecule has 0 heterocycles. The zero-order valence-electron chi connectivity index (χ0n) is 21.2. The Labute approximate surface area is 210 Å². The molecule has 0 bridgehead atoms. The van der Waals surface area contributed by atoms with Gasteiger partial charge in [0.2, 0.25) is 0 Å². The molecule has 3 aromatic carbocycles. The van der Waals surface area contributed by atoms with Crippen molar-refractivity contribution in [2.24, 2.45) is 0 Å². The summed E-state index contributed by atoms with van der Waals surface area (Å²) in [5.41, 5.74) is 3.11. The Morgan fingerprint density at radius 3 is 1.97 bits per heavy atom. The number of hydrogen-bond acceptors (Lipinski definition) is 3. The molecule has 0 saturated heterocycles. The number of benzene rings is 3. The number of aromatic carboxylic acids is 1. The summed E-state index contributed by atoms with van der Waals surface area (Å²) in [5.74, 6) is -1.24. The Morgan fingerprint density at radius 2 is 1.40 bits per heavy atom. The maximum Gasteiger partial charge on any atom is 0.338 e. The summed E-state index contributed by atoms with van der Waals surface area (Å²) in [5, 5.41) is 9.41. The SMILES string of the molecule is CCC(CC(CC)c1ccccc1C(=O)O)OC(=O)c1ccccc1.CCCCc1ccccc1. The monoisotopic (exact) mass is 474 g/mol. The lowest BCUT2D eigenvalue weighted by Gasteiger charge is -2.23. The molecule has 0 aliphatic carbocycles. The molecular formula is C31H38O4. The van der Waals surface area contributed by atoms with E-state index in [0.29, 0.717) is 24.0 Å². The largest absolute Gasteiger partial charge is 0.478 e. The number of carboxylic acids is 1. The fourth-order valence-corrected chi connectivity index (χ4v) is 4.00. The first-order chi connectivity index (χ1) is 17.0. The highest BCUT2D eigenvalue weighted by atomic mass is 16.5. The molecule has 2 unspecified atom stereocenters. The third-order valence-electron chi connectivity index (χ3n) is 6.07. The number of ether oxygens (including phenoxy) is 1. The molecule has 0 aliphatic heterocycles. The third kappa shape index (κ3) is 9.40. The Bertz CT molecular complexity index is 1010. The average Bonchev–Trinajstić information content (AvgIpc) is 2.91. The van der Waals surface area contributed by atoms with E-state index in [1.807, 2.05) is 32.0 Å². The fraction of sp³-hybridized carbons (Fsp3) is 0.355. The number of carbonyl (C=O) groups is 2. The van der Waals surface area contributed by atoms with E-state index >= 15 is 0 Å². The average molecular weight is 475 g/mol. The van der Waals surface area contributed by atoms with Gasteiger partial charge < -0.3 is 9.84 Å². The van der Waals surface area contributed by atoms with Crippen LogP contribution < -0.4 is 0 Å². The summed E-state index contributed by atoms with van der Waals surface area (Å²) in [6.45, 7) is 6.22. The van der Waals surface area contributed by atoms with Crippen LogP contribution in [0.4, 0.5) is 0 Å². The van der Waals surface area contributed by atoms with Gasteiger partial charge in [0, 0.05) is 0 Å². The first-order valence-electron chi connectivity index (χ1n) is 12.6. The molecule has 0 fully saturated rings. The molecule has 3 rings (SSSR count). The number of carboxylic acid groups (broad SMARTS) is 1. The molecule has 4 nitrogen and oxygen atoms in total. The van der Waals surface area contributed by atoms with Crippen molar-refractivity contribution >= 4 is 11.9 Å². The van der Waals surface area contributed by atoms with Gasteiger partial charge in [-0.3, -0.25) is 0 Å². The van der Waals surface area contributed by atoms with Crippen molar-refractivity contribution in [3.63, 3.8) is 0 Å². The van der Waals surface area contributed by atoms with Gasteiger partial charge in [0.15, 0.2) is 0 Å². The number of esters is 1. The van der Waals surface area contributed by atoms with Crippen LogP contribution in [0, 0.1) is 0 Å². The van der Waals surface area contributed by atoms with Crippen LogP contribution in [0.15, 0.2) is 84.9 Å². The van der Waals surface area contributed by atoms with Gasteiger partial charge >= 0.3 is 11.9 Å². The highest BCUT2D eigenvalue weighted by Crippen LogP contribution is 2.30. The van der Waals surface area contributed by atoms with Crippen molar-refractivity contribution in [3.05, 3.63) is 107 Å². The molecule has 1 N–H and O–H groups in total. The van der Waals surface area contributed by atoms with Crippen LogP contribution in [-0.2, 0) is 11.2 Å². The van der Waals surface area contributed by atoms with Crippen molar-refractivity contribution in [3.8, 4) is 0 Å². The maximum absolute atomic E-state index is 12.3. The van der Waals surface area contributed by atoms with Crippen LogP contribution in [0.2, 0.25) is 0 Å².